The fraction of sp³-hybridized carbons (Fsp3) is 0.588. The molecule has 2 rings (SSSR count). The zero-order valence-corrected chi connectivity index (χ0v) is 14.9. The monoisotopic (exact) mass is 352 g/mol. The minimum atomic E-state index is -0.597. The molecule has 1 saturated heterocycles. The molecule has 2 heterocycles. The zero-order valence-electron chi connectivity index (χ0n) is 14.1. The molecule has 0 bridgehead atoms. The van der Waals surface area contributed by atoms with Crippen molar-refractivity contribution in [1.82, 2.24) is 10.2 Å². The van der Waals surface area contributed by atoms with Gasteiger partial charge in [0.15, 0.2) is 6.61 Å². The van der Waals surface area contributed by atoms with E-state index in [-0.39, 0.29) is 24.5 Å². The van der Waals surface area contributed by atoms with Gasteiger partial charge in [-0.3, -0.25) is 9.59 Å². The number of nitrogens with one attached hydrogen (secondary N) is 1. The first kappa shape index (κ1) is 18.4. The Balaban J connectivity index is 1.87. The molecule has 1 aromatic rings. The third-order valence-electron chi connectivity index (χ3n) is 4.21. The van der Waals surface area contributed by atoms with E-state index in [1.165, 1.54) is 11.3 Å². The lowest BCUT2D eigenvalue weighted by atomic mass is 10.2. The van der Waals surface area contributed by atoms with Gasteiger partial charge in [-0.05, 0) is 37.1 Å². The Kier molecular flexibility index (Phi) is 6.78. The molecule has 0 aromatic carbocycles. The van der Waals surface area contributed by atoms with Gasteiger partial charge < -0.3 is 15.0 Å². The van der Waals surface area contributed by atoms with Crippen LogP contribution in [0.15, 0.2) is 17.5 Å². The van der Waals surface area contributed by atoms with Crippen LogP contribution >= 0.6 is 11.3 Å². The summed E-state index contributed by atoms with van der Waals surface area (Å²) in [6, 6.07) is 3.06. The topological polar surface area (TPSA) is 75.7 Å². The minimum absolute atomic E-state index is 0.0968. The van der Waals surface area contributed by atoms with Gasteiger partial charge in [0.25, 0.3) is 11.8 Å². The number of ether oxygens (including phenoxy) is 1. The quantitative estimate of drug-likeness (QED) is 0.763. The van der Waals surface area contributed by atoms with Gasteiger partial charge in [0.05, 0.1) is 4.88 Å². The number of nitrogens with zero attached hydrogens (tertiary/aromatic N) is 1. The SMILES string of the molecule is CCC(CC)NC(=O)COC(=O)[C@@H]1CCCN1C(=O)c1cccs1. The Morgan fingerprint density at radius 3 is 2.75 bits per heavy atom. The fourth-order valence-electron chi connectivity index (χ4n) is 2.79. The first-order chi connectivity index (χ1) is 11.6. The van der Waals surface area contributed by atoms with Crippen molar-refractivity contribution in [3.05, 3.63) is 22.4 Å². The molecule has 0 aliphatic carbocycles. The Labute approximate surface area is 146 Å². The molecule has 0 radical (unpaired) electrons. The number of likely N-dealkylation sites (tertiary alicyclic amines) is 1. The zero-order chi connectivity index (χ0) is 17.5. The maximum atomic E-state index is 12.4. The van der Waals surface area contributed by atoms with Gasteiger partial charge in [-0.1, -0.05) is 19.9 Å². The van der Waals surface area contributed by atoms with Crippen LogP contribution in [-0.4, -0.2) is 47.9 Å². The van der Waals surface area contributed by atoms with Gasteiger partial charge in [0.2, 0.25) is 0 Å². The molecule has 24 heavy (non-hydrogen) atoms. The van der Waals surface area contributed by atoms with E-state index in [2.05, 4.69) is 5.32 Å². The molecule has 1 N–H and O–H groups in total. The highest BCUT2D eigenvalue weighted by Gasteiger charge is 2.36. The Morgan fingerprint density at radius 1 is 1.38 bits per heavy atom. The highest BCUT2D eigenvalue weighted by Crippen LogP contribution is 2.23. The summed E-state index contributed by atoms with van der Waals surface area (Å²) in [7, 11) is 0. The second-order valence-electron chi connectivity index (χ2n) is 5.82. The van der Waals surface area contributed by atoms with Crippen molar-refractivity contribution in [3.63, 3.8) is 0 Å². The number of rotatable bonds is 7. The van der Waals surface area contributed by atoms with Crippen LogP contribution in [0.3, 0.4) is 0 Å². The van der Waals surface area contributed by atoms with Crippen molar-refractivity contribution in [1.29, 1.82) is 0 Å². The third-order valence-corrected chi connectivity index (χ3v) is 5.07. The summed E-state index contributed by atoms with van der Waals surface area (Å²) >= 11 is 1.35. The van der Waals surface area contributed by atoms with E-state index in [1.54, 1.807) is 11.0 Å². The maximum Gasteiger partial charge on any atom is 0.329 e. The molecule has 132 valence electrons. The molecule has 2 amide bonds. The number of amides is 2. The number of carbonyl (C=O) groups is 3. The van der Waals surface area contributed by atoms with Crippen molar-refractivity contribution < 1.29 is 19.1 Å². The molecular formula is C17H24N2O4S. The van der Waals surface area contributed by atoms with Gasteiger partial charge in [-0.15, -0.1) is 11.3 Å². The van der Waals surface area contributed by atoms with Crippen molar-refractivity contribution in [2.75, 3.05) is 13.2 Å². The summed E-state index contributed by atoms with van der Waals surface area (Å²) in [5.41, 5.74) is 0. The van der Waals surface area contributed by atoms with Crippen molar-refractivity contribution in [3.8, 4) is 0 Å². The standard InChI is InChI=1S/C17H24N2O4S/c1-3-12(4-2)18-15(20)11-23-17(22)13-7-5-9-19(13)16(21)14-8-6-10-24-14/h6,8,10,12-13H,3-5,7,9,11H2,1-2H3,(H,18,20)/t13-/m0/s1. The fourth-order valence-corrected chi connectivity index (χ4v) is 3.47. The van der Waals surface area contributed by atoms with Crippen LogP contribution in [-0.2, 0) is 14.3 Å². The molecule has 6 nitrogen and oxygen atoms in total. The molecule has 0 spiro atoms. The van der Waals surface area contributed by atoms with E-state index in [0.29, 0.717) is 17.8 Å². The van der Waals surface area contributed by atoms with Gasteiger partial charge in [-0.25, -0.2) is 4.79 Å². The lowest BCUT2D eigenvalue weighted by Crippen LogP contribution is -2.43. The molecule has 7 heteroatoms. The van der Waals surface area contributed by atoms with Crippen molar-refractivity contribution in [2.24, 2.45) is 0 Å². The maximum absolute atomic E-state index is 12.4. The van der Waals surface area contributed by atoms with E-state index in [4.69, 9.17) is 4.74 Å². The molecule has 1 aromatic heterocycles. The van der Waals surface area contributed by atoms with E-state index in [1.807, 2.05) is 25.3 Å². The first-order valence-corrected chi connectivity index (χ1v) is 9.25. The first-order valence-electron chi connectivity index (χ1n) is 8.37. The number of hydrogen-bond donors (Lipinski definition) is 1. The Morgan fingerprint density at radius 2 is 2.12 bits per heavy atom. The number of esters is 1. The molecule has 1 aliphatic rings. The summed E-state index contributed by atoms with van der Waals surface area (Å²) in [5, 5.41) is 4.66. The van der Waals surface area contributed by atoms with Crippen molar-refractivity contribution >= 4 is 29.1 Å². The number of thiophene rings is 1. The molecular weight excluding hydrogens is 328 g/mol. The second-order valence-corrected chi connectivity index (χ2v) is 6.77. The molecule has 1 aliphatic heterocycles. The van der Waals surface area contributed by atoms with Crippen LogP contribution in [0, 0.1) is 0 Å². The van der Waals surface area contributed by atoms with Crippen LogP contribution in [0.2, 0.25) is 0 Å². The van der Waals surface area contributed by atoms with E-state index in [0.717, 1.165) is 19.3 Å². The summed E-state index contributed by atoms with van der Waals surface area (Å²) in [5.74, 6) is -0.950. The van der Waals surface area contributed by atoms with E-state index < -0.39 is 12.0 Å². The van der Waals surface area contributed by atoms with Gasteiger partial charge >= 0.3 is 5.97 Å². The van der Waals surface area contributed by atoms with Gasteiger partial charge in [-0.2, -0.15) is 0 Å². The molecule has 1 atom stereocenters. The summed E-state index contributed by atoms with van der Waals surface area (Å²) in [4.78, 5) is 38.7. The van der Waals surface area contributed by atoms with Gasteiger partial charge in [0, 0.05) is 12.6 Å². The van der Waals surface area contributed by atoms with Gasteiger partial charge in [0.1, 0.15) is 6.04 Å². The Hall–Kier alpha value is -1.89. The van der Waals surface area contributed by atoms with Crippen molar-refractivity contribution in [2.45, 2.75) is 51.6 Å². The lowest BCUT2D eigenvalue weighted by molar-refractivity contribution is -0.152. The van der Waals surface area contributed by atoms with Crippen LogP contribution in [0.25, 0.3) is 0 Å². The average molecular weight is 352 g/mol. The number of hydrogen-bond acceptors (Lipinski definition) is 5. The van der Waals surface area contributed by atoms with E-state index >= 15 is 0 Å². The second kappa shape index (κ2) is 8.82. The van der Waals surface area contributed by atoms with Crippen LogP contribution in [0.1, 0.15) is 49.2 Å². The summed E-state index contributed by atoms with van der Waals surface area (Å²) < 4.78 is 5.13. The largest absolute Gasteiger partial charge is 0.454 e. The van der Waals surface area contributed by atoms with Crippen LogP contribution in [0.4, 0.5) is 0 Å². The summed E-state index contributed by atoms with van der Waals surface area (Å²) in [6.07, 6.45) is 3.00. The van der Waals surface area contributed by atoms with E-state index in [9.17, 15) is 14.4 Å². The lowest BCUT2D eigenvalue weighted by Gasteiger charge is -2.22. The smallest absolute Gasteiger partial charge is 0.329 e. The molecule has 0 saturated carbocycles. The van der Waals surface area contributed by atoms with Crippen LogP contribution in [0.5, 0.6) is 0 Å². The Bertz CT molecular complexity index is 569. The molecule has 1 fully saturated rings. The average Bonchev–Trinajstić information content (AvgIpc) is 3.28. The highest BCUT2D eigenvalue weighted by molar-refractivity contribution is 7.12. The highest BCUT2D eigenvalue weighted by atomic mass is 32.1. The normalized spacial score (nSPS) is 17.1. The third kappa shape index (κ3) is 4.56. The minimum Gasteiger partial charge on any atom is -0.454 e. The predicted molar refractivity (Wildman–Crippen MR) is 91.8 cm³/mol. The predicted octanol–water partition coefficient (Wildman–Crippen LogP) is 2.20. The number of carbonyl (C=O) groups excluding carboxylic acids is 3. The summed E-state index contributed by atoms with van der Waals surface area (Å²) in [6.45, 7) is 4.23. The van der Waals surface area contributed by atoms with Crippen LogP contribution < -0.4 is 5.32 Å². The molecule has 0 unspecified atom stereocenters.